The topological polar surface area (TPSA) is 73.6 Å². The molecule has 21 heavy (non-hydrogen) atoms. The SMILES string of the molecule is COCCNC(=O)C(C)Oc1cccc(Cl)c1CC(C)N. The van der Waals surface area contributed by atoms with Crippen LogP contribution in [0.5, 0.6) is 5.75 Å². The zero-order valence-corrected chi connectivity index (χ0v) is 13.4. The van der Waals surface area contributed by atoms with Crippen LogP contribution in [0.15, 0.2) is 18.2 Å². The minimum Gasteiger partial charge on any atom is -0.481 e. The summed E-state index contributed by atoms with van der Waals surface area (Å²) in [5.41, 5.74) is 6.65. The van der Waals surface area contributed by atoms with E-state index >= 15 is 0 Å². The molecule has 1 aromatic carbocycles. The largest absolute Gasteiger partial charge is 0.481 e. The van der Waals surface area contributed by atoms with Crippen molar-refractivity contribution in [1.29, 1.82) is 0 Å². The highest BCUT2D eigenvalue weighted by Gasteiger charge is 2.17. The minimum absolute atomic E-state index is 0.0434. The van der Waals surface area contributed by atoms with E-state index in [0.717, 1.165) is 5.56 Å². The first-order chi connectivity index (χ1) is 9.95. The van der Waals surface area contributed by atoms with Crippen molar-refractivity contribution >= 4 is 17.5 Å². The van der Waals surface area contributed by atoms with E-state index in [-0.39, 0.29) is 11.9 Å². The van der Waals surface area contributed by atoms with Crippen molar-refractivity contribution in [3.05, 3.63) is 28.8 Å². The monoisotopic (exact) mass is 314 g/mol. The van der Waals surface area contributed by atoms with Crippen LogP contribution in [0.1, 0.15) is 19.4 Å². The number of amides is 1. The van der Waals surface area contributed by atoms with Gasteiger partial charge in [-0.3, -0.25) is 4.79 Å². The highest BCUT2D eigenvalue weighted by molar-refractivity contribution is 6.31. The van der Waals surface area contributed by atoms with Crippen LogP contribution in [0.2, 0.25) is 5.02 Å². The molecule has 1 rings (SSSR count). The van der Waals surface area contributed by atoms with Crippen LogP contribution >= 0.6 is 11.6 Å². The summed E-state index contributed by atoms with van der Waals surface area (Å²) < 4.78 is 10.6. The number of hydrogen-bond acceptors (Lipinski definition) is 4. The summed E-state index contributed by atoms with van der Waals surface area (Å²) in [5.74, 6) is 0.396. The number of rotatable bonds is 8. The molecule has 2 unspecified atom stereocenters. The zero-order chi connectivity index (χ0) is 15.8. The van der Waals surface area contributed by atoms with Gasteiger partial charge in [-0.15, -0.1) is 0 Å². The summed E-state index contributed by atoms with van der Waals surface area (Å²) in [6.07, 6.45) is -0.0281. The molecule has 1 amide bonds. The number of nitrogens with two attached hydrogens (primary N) is 1. The Morgan fingerprint density at radius 1 is 1.43 bits per heavy atom. The third kappa shape index (κ3) is 5.91. The number of carbonyl (C=O) groups excluding carboxylic acids is 1. The lowest BCUT2D eigenvalue weighted by Crippen LogP contribution is -2.38. The fourth-order valence-corrected chi connectivity index (χ4v) is 2.08. The fourth-order valence-electron chi connectivity index (χ4n) is 1.83. The second-order valence-corrected chi connectivity index (χ2v) is 5.35. The van der Waals surface area contributed by atoms with Crippen molar-refractivity contribution in [2.45, 2.75) is 32.4 Å². The molecule has 0 aliphatic heterocycles. The normalized spacial score (nSPS) is 13.6. The molecule has 0 aromatic heterocycles. The van der Waals surface area contributed by atoms with E-state index in [4.69, 9.17) is 26.8 Å². The highest BCUT2D eigenvalue weighted by atomic mass is 35.5. The third-order valence-corrected chi connectivity index (χ3v) is 3.23. The van der Waals surface area contributed by atoms with Gasteiger partial charge in [0.1, 0.15) is 5.75 Å². The van der Waals surface area contributed by atoms with Gasteiger partial charge >= 0.3 is 0 Å². The number of methoxy groups -OCH3 is 1. The summed E-state index contributed by atoms with van der Waals surface area (Å²) in [5, 5.41) is 3.33. The maximum absolute atomic E-state index is 11.9. The number of ether oxygens (including phenoxy) is 2. The van der Waals surface area contributed by atoms with Gasteiger partial charge in [0.2, 0.25) is 0 Å². The summed E-state index contributed by atoms with van der Waals surface area (Å²) in [6.45, 7) is 4.50. The predicted octanol–water partition coefficient (Wildman–Crippen LogP) is 1.76. The quantitative estimate of drug-likeness (QED) is 0.717. The van der Waals surface area contributed by atoms with Crippen LogP contribution in [0, 0.1) is 0 Å². The predicted molar refractivity (Wildman–Crippen MR) is 83.8 cm³/mol. The second-order valence-electron chi connectivity index (χ2n) is 4.94. The summed E-state index contributed by atoms with van der Waals surface area (Å²) in [6, 6.07) is 5.33. The average molecular weight is 315 g/mol. The van der Waals surface area contributed by atoms with Crippen molar-refractivity contribution in [3.8, 4) is 5.75 Å². The smallest absolute Gasteiger partial charge is 0.260 e. The lowest BCUT2D eigenvalue weighted by Gasteiger charge is -2.19. The molecule has 0 heterocycles. The summed E-state index contributed by atoms with van der Waals surface area (Å²) >= 11 is 6.19. The van der Waals surface area contributed by atoms with Crippen molar-refractivity contribution in [2.24, 2.45) is 5.73 Å². The highest BCUT2D eigenvalue weighted by Crippen LogP contribution is 2.28. The number of hydrogen-bond donors (Lipinski definition) is 2. The van der Waals surface area contributed by atoms with E-state index in [1.165, 1.54) is 0 Å². The van der Waals surface area contributed by atoms with Crippen LogP contribution in [-0.4, -0.2) is 38.3 Å². The van der Waals surface area contributed by atoms with Gasteiger partial charge in [0.05, 0.1) is 6.61 Å². The number of nitrogens with one attached hydrogen (secondary N) is 1. The first-order valence-electron chi connectivity index (χ1n) is 6.92. The number of halogens is 1. The number of carbonyl (C=O) groups is 1. The molecule has 0 aliphatic rings. The second kappa shape index (κ2) is 8.87. The van der Waals surface area contributed by atoms with Crippen LogP contribution < -0.4 is 15.8 Å². The van der Waals surface area contributed by atoms with Crippen molar-refractivity contribution in [2.75, 3.05) is 20.3 Å². The molecular weight excluding hydrogens is 292 g/mol. The van der Waals surface area contributed by atoms with Gasteiger partial charge in [-0.1, -0.05) is 17.7 Å². The number of benzene rings is 1. The van der Waals surface area contributed by atoms with Gasteiger partial charge in [-0.05, 0) is 32.4 Å². The van der Waals surface area contributed by atoms with Gasteiger partial charge in [-0.2, -0.15) is 0 Å². The van der Waals surface area contributed by atoms with Crippen LogP contribution in [0.25, 0.3) is 0 Å². The van der Waals surface area contributed by atoms with Crippen molar-refractivity contribution in [1.82, 2.24) is 5.32 Å². The molecule has 1 aromatic rings. The maximum Gasteiger partial charge on any atom is 0.260 e. The molecule has 2 atom stereocenters. The Kier molecular flexibility index (Phi) is 7.50. The van der Waals surface area contributed by atoms with E-state index in [2.05, 4.69) is 5.32 Å². The van der Waals surface area contributed by atoms with Crippen LogP contribution in [0.3, 0.4) is 0 Å². The van der Waals surface area contributed by atoms with E-state index in [1.807, 2.05) is 6.92 Å². The zero-order valence-electron chi connectivity index (χ0n) is 12.7. The van der Waals surface area contributed by atoms with Crippen LogP contribution in [-0.2, 0) is 16.0 Å². The Balaban J connectivity index is 2.73. The molecule has 0 saturated heterocycles. The average Bonchev–Trinajstić information content (AvgIpc) is 2.42. The van der Waals surface area contributed by atoms with Gasteiger partial charge < -0.3 is 20.5 Å². The standard InChI is InChI=1S/C15H23ClN2O3/c1-10(17)9-12-13(16)5-4-6-14(12)21-11(2)15(19)18-7-8-20-3/h4-6,10-11H,7-9,17H2,1-3H3,(H,18,19). The molecule has 0 bridgehead atoms. The van der Waals surface area contributed by atoms with Crippen LogP contribution in [0.4, 0.5) is 0 Å². The van der Waals surface area contributed by atoms with E-state index in [1.54, 1.807) is 32.2 Å². The molecule has 5 nitrogen and oxygen atoms in total. The summed E-state index contributed by atoms with van der Waals surface area (Å²) in [4.78, 5) is 11.9. The molecule has 3 N–H and O–H groups in total. The Morgan fingerprint density at radius 3 is 2.76 bits per heavy atom. The van der Waals surface area contributed by atoms with Crippen molar-refractivity contribution < 1.29 is 14.3 Å². The molecule has 118 valence electrons. The molecular formula is C15H23ClN2O3. The Morgan fingerprint density at radius 2 is 2.14 bits per heavy atom. The molecule has 0 saturated carbocycles. The Labute approximate surface area is 130 Å². The molecule has 0 aliphatic carbocycles. The lowest BCUT2D eigenvalue weighted by atomic mass is 10.1. The lowest BCUT2D eigenvalue weighted by molar-refractivity contribution is -0.127. The van der Waals surface area contributed by atoms with Gasteiger partial charge in [0.15, 0.2) is 6.10 Å². The minimum atomic E-state index is -0.618. The third-order valence-electron chi connectivity index (χ3n) is 2.88. The first-order valence-corrected chi connectivity index (χ1v) is 7.29. The Bertz CT molecular complexity index is 466. The van der Waals surface area contributed by atoms with Gasteiger partial charge in [-0.25, -0.2) is 0 Å². The molecule has 0 fully saturated rings. The van der Waals surface area contributed by atoms with Crippen molar-refractivity contribution in [3.63, 3.8) is 0 Å². The van der Waals surface area contributed by atoms with E-state index in [9.17, 15) is 4.79 Å². The Hall–Kier alpha value is -1.30. The maximum atomic E-state index is 11.9. The molecule has 0 spiro atoms. The molecule has 6 heteroatoms. The van der Waals surface area contributed by atoms with Gasteiger partial charge in [0, 0.05) is 30.3 Å². The molecule has 0 radical (unpaired) electrons. The first kappa shape index (κ1) is 17.8. The summed E-state index contributed by atoms with van der Waals surface area (Å²) in [7, 11) is 1.58. The van der Waals surface area contributed by atoms with E-state index in [0.29, 0.717) is 30.3 Å². The van der Waals surface area contributed by atoms with E-state index < -0.39 is 6.10 Å². The van der Waals surface area contributed by atoms with Gasteiger partial charge in [0.25, 0.3) is 5.91 Å². The fraction of sp³-hybridized carbons (Fsp3) is 0.533.